The molecule has 0 spiro atoms. The molecule has 0 aliphatic carbocycles. The number of nitrogens with two attached hydrogens (primary N) is 1. The van der Waals surface area contributed by atoms with E-state index in [1.807, 2.05) is 18.2 Å². The number of rotatable bonds is 10. The number of pyridine rings is 2. The number of ether oxygens (including phenoxy) is 5. The number of hydrogen-bond acceptors (Lipinski definition) is 18. The summed E-state index contributed by atoms with van der Waals surface area (Å²) in [5.74, 6) is -2.67. The summed E-state index contributed by atoms with van der Waals surface area (Å²) in [6.07, 6.45) is 3.72. The van der Waals surface area contributed by atoms with Crippen LogP contribution in [0.1, 0.15) is 38.5 Å². The number of aryl methyl sites for hydroxylation is 1. The monoisotopic (exact) mass is 1100 g/mol. The number of hydrogen-bond donors (Lipinski definition) is 3. The molecular formula is C50H55Cl4N9O11. The fraction of sp³-hybridized carbons (Fsp3) is 0.400. The zero-order valence-electron chi connectivity index (χ0n) is 40.4. The van der Waals surface area contributed by atoms with E-state index in [2.05, 4.69) is 34.3 Å². The van der Waals surface area contributed by atoms with Gasteiger partial charge in [-0.25, -0.2) is 14.8 Å². The van der Waals surface area contributed by atoms with Gasteiger partial charge in [-0.15, -0.1) is 0 Å². The fourth-order valence-corrected chi connectivity index (χ4v) is 9.27. The van der Waals surface area contributed by atoms with E-state index in [-0.39, 0.29) is 17.8 Å². The van der Waals surface area contributed by atoms with Crippen LogP contribution in [0.5, 0.6) is 11.5 Å². The number of ketones is 1. The lowest BCUT2D eigenvalue weighted by Crippen LogP contribution is -2.39. The van der Waals surface area contributed by atoms with E-state index >= 15 is 0 Å². The molecule has 4 aliphatic heterocycles. The SMILES string of the molecule is COC(=O)c1nc2c(N3CCOCC3)cc(N3CCOCC3)cn2c(=O)c1O.NCc1ccc(Cl)c(Cl)c1.O=C(CCc1ccc(Cl)c(Cl)c1)c1nc2c(N3CCOCC3)cc(N3CCOCC3)cn2c(=O)c1O. The number of fused-ring (bicyclic) bond motifs is 2. The van der Waals surface area contributed by atoms with Gasteiger partial charge in [0.2, 0.25) is 11.5 Å². The Kier molecular flexibility index (Phi) is 18.4. The van der Waals surface area contributed by atoms with Crippen molar-refractivity contribution < 1.29 is 43.5 Å². The molecule has 0 bridgehead atoms. The average Bonchev–Trinajstić information content (AvgIpc) is 3.44. The highest BCUT2D eigenvalue weighted by atomic mass is 35.5. The van der Waals surface area contributed by atoms with E-state index < -0.39 is 34.4 Å². The maximum atomic E-state index is 13.3. The van der Waals surface area contributed by atoms with Gasteiger partial charge in [-0.05, 0) is 53.9 Å². The Hall–Kier alpha value is -5.94. The van der Waals surface area contributed by atoms with Crippen molar-refractivity contribution in [2.24, 2.45) is 5.73 Å². The Bertz CT molecular complexity index is 3120. The van der Waals surface area contributed by atoms with Gasteiger partial charge in [0.05, 0.1) is 103 Å². The first-order valence-corrected chi connectivity index (χ1v) is 25.4. The molecular weight excluding hydrogens is 1040 g/mol. The lowest BCUT2D eigenvalue weighted by molar-refractivity contribution is 0.0590. The average molecular weight is 1100 g/mol. The summed E-state index contributed by atoms with van der Waals surface area (Å²) in [4.78, 5) is 68.4. The van der Waals surface area contributed by atoms with Gasteiger partial charge in [0.1, 0.15) is 0 Å². The van der Waals surface area contributed by atoms with Crippen LogP contribution in [-0.4, -0.2) is 153 Å². The first-order valence-electron chi connectivity index (χ1n) is 23.8. The van der Waals surface area contributed by atoms with E-state index in [0.29, 0.717) is 155 Å². The Balaban J connectivity index is 0.000000169. The van der Waals surface area contributed by atoms with Crippen molar-refractivity contribution in [2.75, 3.05) is 132 Å². The van der Waals surface area contributed by atoms with Gasteiger partial charge in [-0.2, -0.15) is 0 Å². The third-order valence-corrected chi connectivity index (χ3v) is 14.2. The molecule has 24 heteroatoms. The van der Waals surface area contributed by atoms with Crippen molar-refractivity contribution >= 4 is 92.2 Å². The van der Waals surface area contributed by atoms with Crippen molar-refractivity contribution in [1.82, 2.24) is 18.8 Å². The van der Waals surface area contributed by atoms with E-state index in [4.69, 9.17) is 71.1 Å². The molecule has 4 aromatic heterocycles. The van der Waals surface area contributed by atoms with Crippen LogP contribution in [-0.2, 0) is 36.6 Å². The van der Waals surface area contributed by atoms with Crippen LogP contribution in [0.2, 0.25) is 20.1 Å². The summed E-state index contributed by atoms with van der Waals surface area (Å²) >= 11 is 23.4. The normalized spacial score (nSPS) is 16.1. The van der Waals surface area contributed by atoms with E-state index in [9.17, 15) is 29.4 Å². The predicted molar refractivity (Wildman–Crippen MR) is 283 cm³/mol. The van der Waals surface area contributed by atoms with Crippen LogP contribution in [0.4, 0.5) is 22.7 Å². The summed E-state index contributed by atoms with van der Waals surface area (Å²) in [5, 5.41) is 22.9. The minimum atomic E-state index is -0.859. The highest BCUT2D eigenvalue weighted by Gasteiger charge is 2.27. The number of carbonyl (C=O) groups is 2. The second kappa shape index (κ2) is 25.1. The molecule has 394 valence electrons. The quantitative estimate of drug-likeness (QED) is 0.114. The number of aromatic nitrogens is 4. The Labute approximate surface area is 445 Å². The van der Waals surface area contributed by atoms with Gasteiger partial charge >= 0.3 is 17.1 Å². The molecule has 8 heterocycles. The number of esters is 1. The van der Waals surface area contributed by atoms with Gasteiger partial charge in [-0.3, -0.25) is 23.2 Å². The van der Waals surface area contributed by atoms with Crippen LogP contribution < -0.4 is 36.5 Å². The van der Waals surface area contributed by atoms with Crippen LogP contribution in [0.15, 0.2) is 70.5 Å². The lowest BCUT2D eigenvalue weighted by Gasteiger charge is -2.33. The van der Waals surface area contributed by atoms with E-state index in [1.54, 1.807) is 42.7 Å². The zero-order chi connectivity index (χ0) is 52.5. The second-order valence-corrected chi connectivity index (χ2v) is 18.9. The first kappa shape index (κ1) is 54.3. The van der Waals surface area contributed by atoms with E-state index in [1.165, 1.54) is 15.9 Å². The molecule has 0 saturated carbocycles. The molecule has 0 atom stereocenters. The fourth-order valence-electron chi connectivity index (χ4n) is 8.63. The molecule has 2 aromatic carbocycles. The molecule has 6 aromatic rings. The number of anilines is 4. The Morgan fingerprint density at radius 3 is 1.39 bits per heavy atom. The number of aromatic hydroxyl groups is 2. The minimum absolute atomic E-state index is 0.0485. The number of morpholine rings is 4. The van der Waals surface area contributed by atoms with Crippen molar-refractivity contribution in [3.8, 4) is 11.5 Å². The lowest BCUT2D eigenvalue weighted by atomic mass is 10.1. The third kappa shape index (κ3) is 12.6. The molecule has 10 rings (SSSR count). The molecule has 0 unspecified atom stereocenters. The van der Waals surface area contributed by atoms with Crippen LogP contribution in [0, 0.1) is 0 Å². The molecule has 4 N–H and O–H groups in total. The smallest absolute Gasteiger partial charge is 0.360 e. The topological polar surface area (TPSA) is 228 Å². The summed E-state index contributed by atoms with van der Waals surface area (Å²) in [7, 11) is 1.18. The minimum Gasteiger partial charge on any atom is -0.501 e. The summed E-state index contributed by atoms with van der Waals surface area (Å²) in [6, 6.07) is 14.5. The van der Waals surface area contributed by atoms with Crippen LogP contribution in [0.25, 0.3) is 11.3 Å². The maximum absolute atomic E-state index is 13.3. The predicted octanol–water partition coefficient (Wildman–Crippen LogP) is 5.51. The number of nitrogens with zero attached hydrogens (tertiary/aromatic N) is 8. The molecule has 0 amide bonds. The van der Waals surface area contributed by atoms with Crippen molar-refractivity contribution in [1.29, 1.82) is 0 Å². The summed E-state index contributed by atoms with van der Waals surface area (Å²) in [5.41, 5.74) is 8.87. The Morgan fingerprint density at radius 2 is 0.973 bits per heavy atom. The van der Waals surface area contributed by atoms with Gasteiger partial charge in [0.15, 0.2) is 28.5 Å². The summed E-state index contributed by atoms with van der Waals surface area (Å²) in [6.45, 7) is 10.4. The molecule has 4 saturated heterocycles. The first-order chi connectivity index (χ1) is 35.8. The van der Waals surface area contributed by atoms with Crippen molar-refractivity contribution in [2.45, 2.75) is 19.4 Å². The zero-order valence-corrected chi connectivity index (χ0v) is 43.5. The summed E-state index contributed by atoms with van der Waals surface area (Å²) < 4.78 is 29.1. The van der Waals surface area contributed by atoms with Gasteiger partial charge in [-0.1, -0.05) is 58.5 Å². The molecule has 20 nitrogen and oxygen atoms in total. The maximum Gasteiger partial charge on any atom is 0.360 e. The van der Waals surface area contributed by atoms with E-state index in [0.717, 1.165) is 28.2 Å². The number of benzene rings is 2. The third-order valence-electron chi connectivity index (χ3n) is 12.7. The largest absolute Gasteiger partial charge is 0.501 e. The number of methoxy groups -OCH3 is 1. The second-order valence-electron chi connectivity index (χ2n) is 17.3. The molecule has 4 aliphatic rings. The molecule has 74 heavy (non-hydrogen) atoms. The highest BCUT2D eigenvalue weighted by molar-refractivity contribution is 6.42. The van der Waals surface area contributed by atoms with Crippen LogP contribution in [0.3, 0.4) is 0 Å². The van der Waals surface area contributed by atoms with Crippen LogP contribution >= 0.6 is 46.4 Å². The van der Waals surface area contributed by atoms with Gasteiger partial charge in [0, 0.05) is 77.7 Å². The van der Waals surface area contributed by atoms with Gasteiger partial charge in [0.25, 0.3) is 0 Å². The van der Waals surface area contributed by atoms with Crippen molar-refractivity contribution in [3.63, 3.8) is 0 Å². The molecule has 0 radical (unpaired) electrons. The molecule has 4 fully saturated rings. The Morgan fingerprint density at radius 1 is 0.581 bits per heavy atom. The number of Topliss-reactive ketones (excluding diaryl/α,β-unsaturated/α-hetero) is 1. The number of halogens is 4. The van der Waals surface area contributed by atoms with Gasteiger partial charge < -0.3 is 59.2 Å². The standard InChI is InChI=1S/C25H26Cl2N4O5.C18H22N4O6.C7H7Cl2N/c26-18-3-1-16(13-19(18)27)2-4-21(32)22-23(33)25(34)31-15-17(29-5-9-35-10-6-29)14-20(24(31)28-22)30-7-11-36-12-8-30;1-26-18(25)14-15(23)17(24)22-11-12(20-2-6-27-7-3-20)10-13(16(22)19-14)21-4-8-28-9-5-21;8-6-2-1-5(4-10)3-7(6)9/h1,3,13-15,33H,2,4-12H2;10-11,23H,2-9H2,1H3;1-3H,4,10H2. The highest BCUT2D eigenvalue weighted by Crippen LogP contribution is 2.32. The van der Waals surface area contributed by atoms with Crippen molar-refractivity contribution in [3.05, 3.63) is 124 Å². The number of carbonyl (C=O) groups excluding carboxylic acids is 2.